The third-order valence-electron chi connectivity index (χ3n) is 2.58. The molecule has 0 saturated heterocycles. The molecular weight excluding hydrogens is 232 g/mol. The first-order valence-corrected chi connectivity index (χ1v) is 5.65. The predicted octanol–water partition coefficient (Wildman–Crippen LogP) is 1.86. The molecule has 2 rings (SSSR count). The van der Waals surface area contributed by atoms with Crippen LogP contribution in [0.2, 0.25) is 0 Å². The molecule has 96 valence electrons. The van der Waals surface area contributed by atoms with Gasteiger partial charge in [-0.3, -0.25) is 0 Å². The van der Waals surface area contributed by atoms with E-state index in [0.717, 1.165) is 17.1 Å². The van der Waals surface area contributed by atoms with Crippen molar-refractivity contribution < 1.29 is 13.9 Å². The van der Waals surface area contributed by atoms with Gasteiger partial charge in [0.25, 0.3) is 0 Å². The van der Waals surface area contributed by atoms with Gasteiger partial charge in [-0.05, 0) is 18.7 Å². The summed E-state index contributed by atoms with van der Waals surface area (Å²) in [6, 6.07) is 5.49. The lowest BCUT2D eigenvalue weighted by Crippen LogP contribution is -2.01. The zero-order valence-electron chi connectivity index (χ0n) is 10.5. The van der Waals surface area contributed by atoms with Gasteiger partial charge in [0.2, 0.25) is 5.89 Å². The Hall–Kier alpha value is -2.01. The molecule has 0 saturated carbocycles. The van der Waals surface area contributed by atoms with Crippen molar-refractivity contribution >= 4 is 0 Å². The molecule has 0 aliphatic heterocycles. The first kappa shape index (κ1) is 12.4. The zero-order chi connectivity index (χ0) is 13.0. The summed E-state index contributed by atoms with van der Waals surface area (Å²) in [5.41, 5.74) is 6.27. The van der Waals surface area contributed by atoms with Crippen LogP contribution in [0, 0.1) is 0 Å². The number of ether oxygens (including phenoxy) is 2. The molecule has 0 unspecified atom stereocenters. The van der Waals surface area contributed by atoms with Crippen LogP contribution < -0.4 is 15.2 Å². The van der Waals surface area contributed by atoms with Crippen molar-refractivity contribution in [2.24, 2.45) is 5.73 Å². The van der Waals surface area contributed by atoms with Gasteiger partial charge < -0.3 is 19.6 Å². The summed E-state index contributed by atoms with van der Waals surface area (Å²) in [6.07, 6.45) is 2.36. The summed E-state index contributed by atoms with van der Waals surface area (Å²) < 4.78 is 16.1. The molecule has 0 aliphatic carbocycles. The first-order chi connectivity index (χ1) is 8.78. The van der Waals surface area contributed by atoms with Gasteiger partial charge in [-0.15, -0.1) is 0 Å². The summed E-state index contributed by atoms with van der Waals surface area (Å²) in [4.78, 5) is 4.23. The summed E-state index contributed by atoms with van der Waals surface area (Å²) in [7, 11) is 3.21. The van der Waals surface area contributed by atoms with E-state index in [0.29, 0.717) is 24.6 Å². The average molecular weight is 248 g/mol. The minimum absolute atomic E-state index is 0.526. The van der Waals surface area contributed by atoms with Crippen LogP contribution in [0.15, 0.2) is 28.8 Å². The number of benzene rings is 1. The fourth-order valence-corrected chi connectivity index (χ4v) is 1.67. The number of hydrogen-bond donors (Lipinski definition) is 1. The Labute approximate surface area is 106 Å². The fourth-order valence-electron chi connectivity index (χ4n) is 1.67. The van der Waals surface area contributed by atoms with Crippen molar-refractivity contribution in [2.75, 3.05) is 20.8 Å². The maximum atomic E-state index is 5.61. The second kappa shape index (κ2) is 5.55. The molecule has 1 heterocycles. The van der Waals surface area contributed by atoms with Crippen molar-refractivity contribution in [3.05, 3.63) is 30.2 Å². The molecule has 5 nitrogen and oxygen atoms in total. The summed E-state index contributed by atoms with van der Waals surface area (Å²) in [5, 5.41) is 0. The molecular formula is C13H16N2O3. The maximum Gasteiger partial charge on any atom is 0.229 e. The smallest absolute Gasteiger partial charge is 0.229 e. The van der Waals surface area contributed by atoms with Crippen molar-refractivity contribution in [1.82, 2.24) is 4.98 Å². The number of rotatable bonds is 5. The summed E-state index contributed by atoms with van der Waals surface area (Å²) in [5.74, 6) is 2.68. The molecule has 0 atom stereocenters. The normalized spacial score (nSPS) is 10.4. The van der Waals surface area contributed by atoms with Gasteiger partial charge >= 0.3 is 0 Å². The Bertz CT molecular complexity index is 523. The van der Waals surface area contributed by atoms with E-state index in [1.54, 1.807) is 26.5 Å². The highest BCUT2D eigenvalue weighted by molar-refractivity contribution is 5.64. The van der Waals surface area contributed by atoms with E-state index in [9.17, 15) is 0 Å². The van der Waals surface area contributed by atoms with E-state index in [4.69, 9.17) is 19.6 Å². The fraction of sp³-hybridized carbons (Fsp3) is 0.308. The highest BCUT2D eigenvalue weighted by Gasteiger charge is 2.12. The highest BCUT2D eigenvalue weighted by Crippen LogP contribution is 2.32. The molecule has 1 aromatic heterocycles. The van der Waals surface area contributed by atoms with Gasteiger partial charge in [0.15, 0.2) is 0 Å². The Morgan fingerprint density at radius 2 is 2.11 bits per heavy atom. The molecule has 2 N–H and O–H groups in total. The van der Waals surface area contributed by atoms with Gasteiger partial charge in [-0.25, -0.2) is 4.98 Å². The number of nitrogens with zero attached hydrogens (tertiary/aromatic N) is 1. The third kappa shape index (κ3) is 2.46. The molecule has 0 radical (unpaired) electrons. The molecule has 0 bridgehead atoms. The number of nitrogens with two attached hydrogens (primary N) is 1. The second-order valence-electron chi connectivity index (χ2n) is 3.74. The van der Waals surface area contributed by atoms with Crippen molar-refractivity contribution in [1.29, 1.82) is 0 Å². The van der Waals surface area contributed by atoms with Crippen LogP contribution in [0.25, 0.3) is 11.5 Å². The lowest BCUT2D eigenvalue weighted by Gasteiger charge is -2.07. The lowest BCUT2D eigenvalue weighted by molar-refractivity contribution is 0.394. The number of oxazole rings is 1. The molecule has 1 aromatic carbocycles. The minimum atomic E-state index is 0.526. The van der Waals surface area contributed by atoms with Crippen LogP contribution in [0.4, 0.5) is 0 Å². The molecule has 5 heteroatoms. The highest BCUT2D eigenvalue weighted by atomic mass is 16.5. The number of aromatic nitrogens is 1. The van der Waals surface area contributed by atoms with Crippen LogP contribution >= 0.6 is 0 Å². The van der Waals surface area contributed by atoms with Crippen molar-refractivity contribution in [3.63, 3.8) is 0 Å². The van der Waals surface area contributed by atoms with Crippen molar-refractivity contribution in [2.45, 2.75) is 6.42 Å². The van der Waals surface area contributed by atoms with E-state index < -0.39 is 0 Å². The van der Waals surface area contributed by atoms with Gasteiger partial charge in [-0.1, -0.05) is 0 Å². The van der Waals surface area contributed by atoms with E-state index in [2.05, 4.69) is 4.98 Å². The first-order valence-electron chi connectivity index (χ1n) is 5.65. The van der Waals surface area contributed by atoms with E-state index in [1.165, 1.54) is 0 Å². The Balaban J connectivity index is 2.36. The minimum Gasteiger partial charge on any atom is -0.497 e. The molecule has 0 aliphatic rings. The Morgan fingerprint density at radius 3 is 2.78 bits per heavy atom. The average Bonchev–Trinajstić information content (AvgIpc) is 2.87. The number of methoxy groups -OCH3 is 2. The van der Waals surface area contributed by atoms with Gasteiger partial charge in [0.1, 0.15) is 17.3 Å². The standard InChI is InChI=1S/C13H16N2O3/c1-16-9-3-4-11(12(7-9)17-2)13-15-8-10(18-13)5-6-14/h3-4,7-8H,5-6,14H2,1-2H3. The molecule has 2 aromatic rings. The Morgan fingerprint density at radius 1 is 1.28 bits per heavy atom. The van der Waals surface area contributed by atoms with Gasteiger partial charge in [-0.2, -0.15) is 0 Å². The second-order valence-corrected chi connectivity index (χ2v) is 3.74. The van der Waals surface area contributed by atoms with Crippen LogP contribution in [0.1, 0.15) is 5.76 Å². The number of hydrogen-bond acceptors (Lipinski definition) is 5. The zero-order valence-corrected chi connectivity index (χ0v) is 10.5. The van der Waals surface area contributed by atoms with Crippen LogP contribution in [-0.2, 0) is 6.42 Å². The summed E-state index contributed by atoms with van der Waals surface area (Å²) in [6.45, 7) is 0.536. The molecule has 0 spiro atoms. The maximum absolute atomic E-state index is 5.61. The van der Waals surface area contributed by atoms with Crippen LogP contribution in [0.5, 0.6) is 11.5 Å². The van der Waals surface area contributed by atoms with Crippen molar-refractivity contribution in [3.8, 4) is 23.0 Å². The Kier molecular flexibility index (Phi) is 3.84. The van der Waals surface area contributed by atoms with E-state index in [1.807, 2.05) is 12.1 Å². The molecule has 0 amide bonds. The topological polar surface area (TPSA) is 70.5 Å². The SMILES string of the molecule is COc1ccc(-c2ncc(CCN)o2)c(OC)c1. The van der Waals surface area contributed by atoms with Gasteiger partial charge in [0.05, 0.1) is 26.0 Å². The summed E-state index contributed by atoms with van der Waals surface area (Å²) >= 11 is 0. The molecule has 0 fully saturated rings. The third-order valence-corrected chi connectivity index (χ3v) is 2.58. The van der Waals surface area contributed by atoms with E-state index >= 15 is 0 Å². The monoisotopic (exact) mass is 248 g/mol. The lowest BCUT2D eigenvalue weighted by atomic mass is 10.2. The quantitative estimate of drug-likeness (QED) is 0.874. The van der Waals surface area contributed by atoms with Crippen LogP contribution in [0.3, 0.4) is 0 Å². The largest absolute Gasteiger partial charge is 0.497 e. The predicted molar refractivity (Wildman–Crippen MR) is 67.8 cm³/mol. The van der Waals surface area contributed by atoms with E-state index in [-0.39, 0.29) is 0 Å². The van der Waals surface area contributed by atoms with Gasteiger partial charge in [0, 0.05) is 12.5 Å². The van der Waals surface area contributed by atoms with Crippen LogP contribution in [-0.4, -0.2) is 25.7 Å². The molecule has 18 heavy (non-hydrogen) atoms.